The van der Waals surface area contributed by atoms with Gasteiger partial charge in [0.1, 0.15) is 0 Å². The molecule has 0 aliphatic heterocycles. The summed E-state index contributed by atoms with van der Waals surface area (Å²) in [7, 11) is 1.57. The molecule has 0 spiro atoms. The van der Waals surface area contributed by atoms with Crippen molar-refractivity contribution in [1.82, 2.24) is 14.8 Å². The van der Waals surface area contributed by atoms with Gasteiger partial charge in [-0.25, -0.2) is 0 Å². The van der Waals surface area contributed by atoms with Gasteiger partial charge < -0.3 is 19.5 Å². The number of hydrogen-bond acceptors (Lipinski definition) is 3. The molecule has 6 nitrogen and oxygen atoms in total. The molecule has 1 N–H and O–H groups in total. The Morgan fingerprint density at radius 1 is 1.00 bits per heavy atom. The third-order valence-corrected chi connectivity index (χ3v) is 5.88. The number of methoxy groups -OCH3 is 1. The Bertz CT molecular complexity index is 1130. The average molecular weight is 490 g/mol. The van der Waals surface area contributed by atoms with E-state index in [0.717, 1.165) is 28.6 Å². The van der Waals surface area contributed by atoms with Gasteiger partial charge >= 0.3 is 6.18 Å². The topological polar surface area (TPSA) is 65.6 Å². The van der Waals surface area contributed by atoms with Crippen LogP contribution in [0.5, 0.6) is 0 Å². The Balaban J connectivity index is 1.77. The number of halogens is 3. The Morgan fingerprint density at radius 3 is 2.37 bits per heavy atom. The van der Waals surface area contributed by atoms with Crippen LogP contribution in [0.4, 0.5) is 13.2 Å². The zero-order valence-electron chi connectivity index (χ0n) is 19.9. The van der Waals surface area contributed by atoms with E-state index in [9.17, 15) is 22.8 Å². The Kier molecular flexibility index (Phi) is 8.92. The van der Waals surface area contributed by atoms with Crippen LogP contribution in [0.15, 0.2) is 54.7 Å². The molecular formula is C26H30F3N3O3. The highest BCUT2D eigenvalue weighted by molar-refractivity contribution is 5.84. The van der Waals surface area contributed by atoms with Gasteiger partial charge in [0.25, 0.3) is 0 Å². The summed E-state index contributed by atoms with van der Waals surface area (Å²) in [6.07, 6.45) is -1.37. The highest BCUT2D eigenvalue weighted by atomic mass is 19.4. The van der Waals surface area contributed by atoms with Crippen molar-refractivity contribution in [2.75, 3.05) is 33.4 Å². The number of alkyl halides is 3. The number of benzene rings is 2. The van der Waals surface area contributed by atoms with Crippen molar-refractivity contribution < 1.29 is 27.5 Å². The van der Waals surface area contributed by atoms with Crippen LogP contribution in [0.3, 0.4) is 0 Å². The number of nitrogens with one attached hydrogen (secondary N) is 1. The van der Waals surface area contributed by atoms with Crippen molar-refractivity contribution in [3.05, 3.63) is 71.4 Å². The highest BCUT2D eigenvalue weighted by Crippen LogP contribution is 2.29. The third-order valence-electron chi connectivity index (χ3n) is 5.88. The fourth-order valence-corrected chi connectivity index (χ4v) is 3.92. The summed E-state index contributed by atoms with van der Waals surface area (Å²) >= 11 is 0. The third kappa shape index (κ3) is 7.32. The van der Waals surface area contributed by atoms with Crippen molar-refractivity contribution in [1.29, 1.82) is 0 Å². The van der Waals surface area contributed by atoms with Crippen LogP contribution in [0.2, 0.25) is 0 Å². The maximum absolute atomic E-state index is 13.3. The monoisotopic (exact) mass is 489 g/mol. The van der Waals surface area contributed by atoms with E-state index in [1.165, 1.54) is 24.0 Å². The number of amides is 2. The van der Waals surface area contributed by atoms with Gasteiger partial charge in [-0.1, -0.05) is 30.3 Å². The van der Waals surface area contributed by atoms with Crippen molar-refractivity contribution in [3.63, 3.8) is 0 Å². The van der Waals surface area contributed by atoms with E-state index in [2.05, 4.69) is 4.98 Å². The molecule has 2 amide bonds. The van der Waals surface area contributed by atoms with Crippen molar-refractivity contribution in [3.8, 4) is 0 Å². The largest absolute Gasteiger partial charge is 0.416 e. The predicted octanol–water partition coefficient (Wildman–Crippen LogP) is 4.64. The van der Waals surface area contributed by atoms with Crippen LogP contribution in [0.25, 0.3) is 10.9 Å². The molecule has 3 aromatic rings. The number of aromatic nitrogens is 1. The molecule has 0 radical (unpaired) electrons. The fraction of sp³-hybridized carbons (Fsp3) is 0.385. The molecule has 3 rings (SSSR count). The predicted molar refractivity (Wildman–Crippen MR) is 128 cm³/mol. The second-order valence-electron chi connectivity index (χ2n) is 8.41. The minimum atomic E-state index is -4.42. The first-order valence-corrected chi connectivity index (χ1v) is 11.4. The zero-order valence-corrected chi connectivity index (χ0v) is 19.9. The number of rotatable bonds is 11. The second-order valence-corrected chi connectivity index (χ2v) is 8.41. The molecule has 2 aromatic carbocycles. The van der Waals surface area contributed by atoms with E-state index in [0.29, 0.717) is 38.1 Å². The first-order valence-electron chi connectivity index (χ1n) is 11.4. The number of para-hydroxylation sites is 1. The lowest BCUT2D eigenvalue weighted by molar-refractivity contribution is -0.140. The minimum absolute atomic E-state index is 0.104. The standard InChI is InChI=1S/C26H30F3N3O3/c1-19(33)31(13-5-15-35-2)18-25(34)32(17-20-8-10-22(11-9-20)26(27,28)29)14-12-21-16-30-24-7-4-3-6-23(21)24/h3-4,6-11,16,30H,5,12-15,17-18H2,1-2H3. The molecule has 0 saturated heterocycles. The summed E-state index contributed by atoms with van der Waals surface area (Å²) in [6, 6.07) is 12.6. The van der Waals surface area contributed by atoms with E-state index in [1.54, 1.807) is 12.0 Å². The number of nitrogens with zero attached hydrogens (tertiary/aromatic N) is 2. The Hall–Kier alpha value is -3.33. The molecule has 9 heteroatoms. The molecule has 35 heavy (non-hydrogen) atoms. The molecule has 0 bridgehead atoms. The summed E-state index contributed by atoms with van der Waals surface area (Å²) in [5.74, 6) is -0.488. The van der Waals surface area contributed by atoms with Gasteiger partial charge in [-0.3, -0.25) is 9.59 Å². The van der Waals surface area contributed by atoms with Crippen LogP contribution in [0.1, 0.15) is 30.0 Å². The van der Waals surface area contributed by atoms with Gasteiger partial charge in [-0.2, -0.15) is 13.2 Å². The van der Waals surface area contributed by atoms with Gasteiger partial charge in [0, 0.05) is 57.4 Å². The van der Waals surface area contributed by atoms with Crippen molar-refractivity contribution >= 4 is 22.7 Å². The first-order chi connectivity index (χ1) is 16.7. The van der Waals surface area contributed by atoms with E-state index < -0.39 is 11.7 Å². The lowest BCUT2D eigenvalue weighted by Crippen LogP contribution is -2.43. The summed E-state index contributed by atoms with van der Waals surface area (Å²) in [5.41, 5.74) is 1.87. The van der Waals surface area contributed by atoms with Crippen LogP contribution < -0.4 is 0 Å². The molecule has 0 unspecified atom stereocenters. The molecule has 0 aliphatic rings. The van der Waals surface area contributed by atoms with Gasteiger partial charge in [-0.05, 0) is 42.2 Å². The summed E-state index contributed by atoms with van der Waals surface area (Å²) < 4.78 is 43.9. The van der Waals surface area contributed by atoms with Crippen molar-refractivity contribution in [2.45, 2.75) is 32.5 Å². The van der Waals surface area contributed by atoms with Crippen LogP contribution >= 0.6 is 0 Å². The van der Waals surface area contributed by atoms with Crippen molar-refractivity contribution in [2.24, 2.45) is 0 Å². The molecular weight excluding hydrogens is 459 g/mol. The quantitative estimate of drug-likeness (QED) is 0.399. The number of H-pyrrole nitrogens is 1. The van der Waals surface area contributed by atoms with E-state index in [4.69, 9.17) is 4.74 Å². The number of fused-ring (bicyclic) bond motifs is 1. The second kappa shape index (κ2) is 11.9. The molecule has 1 aromatic heterocycles. The smallest absolute Gasteiger partial charge is 0.385 e. The van der Waals surface area contributed by atoms with E-state index in [-0.39, 0.29) is 24.9 Å². The number of carbonyl (C=O) groups excluding carboxylic acids is 2. The number of hydrogen-bond donors (Lipinski definition) is 1. The molecule has 188 valence electrons. The normalized spacial score (nSPS) is 11.6. The van der Waals surface area contributed by atoms with E-state index in [1.807, 2.05) is 30.5 Å². The van der Waals surface area contributed by atoms with E-state index >= 15 is 0 Å². The maximum atomic E-state index is 13.3. The Morgan fingerprint density at radius 2 is 1.71 bits per heavy atom. The zero-order chi connectivity index (χ0) is 25.4. The molecule has 0 fully saturated rings. The molecule has 0 saturated carbocycles. The number of ether oxygens (including phenoxy) is 1. The van der Waals surface area contributed by atoms with Crippen LogP contribution in [-0.4, -0.2) is 59.9 Å². The lowest BCUT2D eigenvalue weighted by atomic mass is 10.1. The lowest BCUT2D eigenvalue weighted by Gasteiger charge is -2.27. The minimum Gasteiger partial charge on any atom is -0.385 e. The van der Waals surface area contributed by atoms with Gasteiger partial charge in [0.2, 0.25) is 11.8 Å². The SMILES string of the molecule is COCCCN(CC(=O)N(CCc1c[nH]c2ccccc12)Cc1ccc(C(F)(F)F)cc1)C(C)=O. The summed E-state index contributed by atoms with van der Waals surface area (Å²) in [4.78, 5) is 31.6. The number of aromatic amines is 1. The summed E-state index contributed by atoms with van der Waals surface area (Å²) in [6.45, 7) is 2.65. The molecule has 0 aliphatic carbocycles. The van der Waals surface area contributed by atoms with Gasteiger partial charge in [0.15, 0.2) is 0 Å². The molecule has 1 heterocycles. The Labute approximate surface area is 202 Å². The average Bonchev–Trinajstić information content (AvgIpc) is 3.24. The van der Waals surface area contributed by atoms with Crippen LogP contribution in [0, 0.1) is 0 Å². The fourth-order valence-electron chi connectivity index (χ4n) is 3.92. The van der Waals surface area contributed by atoms with Gasteiger partial charge in [0.05, 0.1) is 12.1 Å². The first kappa shape index (κ1) is 26.3. The highest BCUT2D eigenvalue weighted by Gasteiger charge is 2.30. The maximum Gasteiger partial charge on any atom is 0.416 e. The summed E-state index contributed by atoms with van der Waals surface area (Å²) in [5, 5.41) is 1.05. The van der Waals surface area contributed by atoms with Gasteiger partial charge in [-0.15, -0.1) is 0 Å². The molecule has 0 atom stereocenters. The number of carbonyl (C=O) groups is 2. The van der Waals surface area contributed by atoms with Crippen LogP contribution in [-0.2, 0) is 33.5 Å².